The van der Waals surface area contributed by atoms with E-state index in [-0.39, 0.29) is 11.5 Å². The van der Waals surface area contributed by atoms with Crippen molar-refractivity contribution in [1.29, 1.82) is 0 Å². The summed E-state index contributed by atoms with van der Waals surface area (Å²) in [5.74, 6) is 0.641. The van der Waals surface area contributed by atoms with E-state index in [4.69, 9.17) is 0 Å². The number of amides is 1. The smallest absolute Gasteiger partial charge is 0.251 e. The molecule has 1 amide bonds. The highest BCUT2D eigenvalue weighted by atomic mass is 19.1. The first-order chi connectivity index (χ1) is 14.6. The van der Waals surface area contributed by atoms with Gasteiger partial charge < -0.3 is 15.5 Å². The number of anilines is 1. The number of nitrogens with zero attached hydrogens (tertiary/aromatic N) is 5. The third kappa shape index (κ3) is 5.73. The summed E-state index contributed by atoms with van der Waals surface area (Å²) in [6.07, 6.45) is 1.49. The number of benzene rings is 1. The maximum atomic E-state index is 13.3. The standard InChI is InChI=1S/C21H28FN7O/c1-3-28(4-2)14-6-12-23-18-9-10-19-25-26-20(29(19)27-18)11-13-24-21(30)16-7-5-8-17(22)15-16/h5,7-10,15H,3-4,6,11-14H2,1-2H3,(H,23,27)(H,24,30). The molecule has 0 aliphatic carbocycles. The fourth-order valence-electron chi connectivity index (χ4n) is 3.16. The molecule has 0 unspecified atom stereocenters. The van der Waals surface area contributed by atoms with Gasteiger partial charge in [-0.1, -0.05) is 19.9 Å². The van der Waals surface area contributed by atoms with Crippen LogP contribution in [0.2, 0.25) is 0 Å². The topological polar surface area (TPSA) is 87.5 Å². The second-order valence-corrected chi connectivity index (χ2v) is 6.93. The molecule has 2 heterocycles. The number of rotatable bonds is 11. The summed E-state index contributed by atoms with van der Waals surface area (Å²) in [5.41, 5.74) is 0.936. The molecule has 0 bridgehead atoms. The van der Waals surface area contributed by atoms with E-state index < -0.39 is 5.82 Å². The lowest BCUT2D eigenvalue weighted by Gasteiger charge is -2.17. The minimum atomic E-state index is -0.438. The van der Waals surface area contributed by atoms with Crippen LogP contribution in [0.15, 0.2) is 36.4 Å². The van der Waals surface area contributed by atoms with Crippen molar-refractivity contribution in [2.75, 3.05) is 38.0 Å². The first kappa shape index (κ1) is 21.6. The molecule has 0 aliphatic heterocycles. The van der Waals surface area contributed by atoms with Crippen molar-refractivity contribution in [2.45, 2.75) is 26.7 Å². The zero-order chi connectivity index (χ0) is 21.3. The maximum absolute atomic E-state index is 13.3. The summed E-state index contributed by atoms with van der Waals surface area (Å²) in [4.78, 5) is 14.5. The monoisotopic (exact) mass is 413 g/mol. The number of halogens is 1. The molecule has 2 aromatic heterocycles. The highest BCUT2D eigenvalue weighted by Crippen LogP contribution is 2.08. The van der Waals surface area contributed by atoms with Crippen molar-refractivity contribution >= 4 is 17.4 Å². The minimum absolute atomic E-state index is 0.287. The minimum Gasteiger partial charge on any atom is -0.369 e. The quantitative estimate of drug-likeness (QED) is 0.470. The Morgan fingerprint density at radius 2 is 1.97 bits per heavy atom. The van der Waals surface area contributed by atoms with Crippen LogP contribution < -0.4 is 10.6 Å². The van der Waals surface area contributed by atoms with Crippen LogP contribution in [0.25, 0.3) is 5.65 Å². The van der Waals surface area contributed by atoms with E-state index >= 15 is 0 Å². The molecule has 0 saturated carbocycles. The number of hydrogen-bond acceptors (Lipinski definition) is 6. The average molecular weight is 414 g/mol. The molecule has 3 rings (SSSR count). The highest BCUT2D eigenvalue weighted by molar-refractivity contribution is 5.94. The van der Waals surface area contributed by atoms with Crippen LogP contribution in [0, 0.1) is 5.82 Å². The number of aromatic nitrogens is 4. The molecule has 2 N–H and O–H groups in total. The Balaban J connectivity index is 1.53. The molecule has 0 saturated heterocycles. The van der Waals surface area contributed by atoms with Crippen molar-refractivity contribution in [3.05, 3.63) is 53.6 Å². The van der Waals surface area contributed by atoms with Gasteiger partial charge in [-0.25, -0.2) is 4.39 Å². The van der Waals surface area contributed by atoms with Crippen molar-refractivity contribution < 1.29 is 9.18 Å². The van der Waals surface area contributed by atoms with E-state index in [0.29, 0.717) is 24.4 Å². The fraction of sp³-hybridized carbons (Fsp3) is 0.429. The third-order valence-corrected chi connectivity index (χ3v) is 4.90. The van der Waals surface area contributed by atoms with Crippen LogP contribution in [-0.2, 0) is 6.42 Å². The van der Waals surface area contributed by atoms with Gasteiger partial charge in [-0.05, 0) is 56.4 Å². The Morgan fingerprint density at radius 3 is 2.73 bits per heavy atom. The molecule has 30 heavy (non-hydrogen) atoms. The highest BCUT2D eigenvalue weighted by Gasteiger charge is 2.10. The number of nitrogens with one attached hydrogen (secondary N) is 2. The number of fused-ring (bicyclic) bond motifs is 1. The second-order valence-electron chi connectivity index (χ2n) is 6.93. The molecule has 9 heteroatoms. The SMILES string of the molecule is CCN(CC)CCCNc1ccc2nnc(CCNC(=O)c3cccc(F)c3)n2n1. The van der Waals surface area contributed by atoms with E-state index in [1.54, 1.807) is 10.6 Å². The lowest BCUT2D eigenvalue weighted by atomic mass is 10.2. The Labute approximate surface area is 175 Å². The van der Waals surface area contributed by atoms with Crippen LogP contribution >= 0.6 is 0 Å². The van der Waals surface area contributed by atoms with E-state index in [2.05, 4.69) is 44.7 Å². The van der Waals surface area contributed by atoms with Gasteiger partial charge in [-0.15, -0.1) is 15.3 Å². The maximum Gasteiger partial charge on any atom is 0.251 e. The number of carbonyl (C=O) groups is 1. The van der Waals surface area contributed by atoms with Crippen LogP contribution in [0.1, 0.15) is 36.5 Å². The van der Waals surface area contributed by atoms with E-state index in [0.717, 1.165) is 38.4 Å². The van der Waals surface area contributed by atoms with Crippen LogP contribution in [-0.4, -0.2) is 63.3 Å². The van der Waals surface area contributed by atoms with Gasteiger partial charge in [0.05, 0.1) is 0 Å². The molecule has 0 spiro atoms. The molecule has 3 aromatic rings. The number of hydrogen-bond donors (Lipinski definition) is 2. The molecule has 0 radical (unpaired) electrons. The van der Waals surface area contributed by atoms with Gasteiger partial charge in [0.2, 0.25) is 0 Å². The molecule has 160 valence electrons. The average Bonchev–Trinajstić information content (AvgIpc) is 3.16. The molecular weight excluding hydrogens is 385 g/mol. The van der Waals surface area contributed by atoms with Crippen molar-refractivity contribution in [3.8, 4) is 0 Å². The van der Waals surface area contributed by atoms with Crippen LogP contribution in [0.3, 0.4) is 0 Å². The van der Waals surface area contributed by atoms with Gasteiger partial charge >= 0.3 is 0 Å². The number of carbonyl (C=O) groups excluding carboxylic acids is 1. The predicted molar refractivity (Wildman–Crippen MR) is 114 cm³/mol. The summed E-state index contributed by atoms with van der Waals surface area (Å²) in [5, 5.41) is 19.0. The Kier molecular flexibility index (Phi) is 7.67. The molecule has 0 aliphatic rings. The molecule has 8 nitrogen and oxygen atoms in total. The van der Waals surface area contributed by atoms with Gasteiger partial charge in [0.1, 0.15) is 11.6 Å². The second kappa shape index (κ2) is 10.6. The Hall–Kier alpha value is -3.07. The lowest BCUT2D eigenvalue weighted by Crippen LogP contribution is -2.26. The van der Waals surface area contributed by atoms with Crippen LogP contribution in [0.4, 0.5) is 10.2 Å². The summed E-state index contributed by atoms with van der Waals surface area (Å²) in [6, 6.07) is 9.35. The van der Waals surface area contributed by atoms with Gasteiger partial charge in [0.25, 0.3) is 5.91 Å². The summed E-state index contributed by atoms with van der Waals surface area (Å²) in [7, 11) is 0. The Morgan fingerprint density at radius 1 is 1.13 bits per heavy atom. The third-order valence-electron chi connectivity index (χ3n) is 4.90. The van der Waals surface area contributed by atoms with Gasteiger partial charge in [-0.3, -0.25) is 4.79 Å². The zero-order valence-corrected chi connectivity index (χ0v) is 17.4. The first-order valence-corrected chi connectivity index (χ1v) is 10.3. The molecular formula is C21H28FN7O. The van der Waals surface area contributed by atoms with Gasteiger partial charge in [0.15, 0.2) is 11.5 Å². The van der Waals surface area contributed by atoms with Gasteiger partial charge in [0, 0.05) is 25.1 Å². The van der Waals surface area contributed by atoms with Crippen molar-refractivity contribution in [2.24, 2.45) is 0 Å². The predicted octanol–water partition coefficient (Wildman–Crippen LogP) is 2.38. The first-order valence-electron chi connectivity index (χ1n) is 10.3. The summed E-state index contributed by atoms with van der Waals surface area (Å²) in [6.45, 7) is 8.67. The Bertz CT molecular complexity index is 971. The van der Waals surface area contributed by atoms with Crippen LogP contribution in [0.5, 0.6) is 0 Å². The van der Waals surface area contributed by atoms with E-state index in [9.17, 15) is 9.18 Å². The normalized spacial score (nSPS) is 11.2. The van der Waals surface area contributed by atoms with Crippen molar-refractivity contribution in [1.82, 2.24) is 30.0 Å². The molecule has 0 atom stereocenters. The zero-order valence-electron chi connectivity index (χ0n) is 17.4. The summed E-state index contributed by atoms with van der Waals surface area (Å²) < 4.78 is 14.9. The van der Waals surface area contributed by atoms with E-state index in [1.807, 2.05) is 12.1 Å². The lowest BCUT2D eigenvalue weighted by molar-refractivity contribution is 0.0953. The molecule has 0 fully saturated rings. The van der Waals surface area contributed by atoms with Crippen molar-refractivity contribution in [3.63, 3.8) is 0 Å². The fourth-order valence-corrected chi connectivity index (χ4v) is 3.16. The molecule has 1 aromatic carbocycles. The largest absolute Gasteiger partial charge is 0.369 e. The van der Waals surface area contributed by atoms with Gasteiger partial charge in [-0.2, -0.15) is 4.52 Å². The summed E-state index contributed by atoms with van der Waals surface area (Å²) >= 11 is 0. The van der Waals surface area contributed by atoms with E-state index in [1.165, 1.54) is 18.2 Å².